The van der Waals surface area contributed by atoms with Crippen molar-refractivity contribution in [1.29, 1.82) is 5.26 Å². The highest BCUT2D eigenvalue weighted by Crippen LogP contribution is 2.32. The molecule has 0 aromatic carbocycles. The summed E-state index contributed by atoms with van der Waals surface area (Å²) in [6.45, 7) is 0.531. The van der Waals surface area contributed by atoms with E-state index in [0.29, 0.717) is 6.54 Å². The smallest absolute Gasteiger partial charge is 0.329 e. The summed E-state index contributed by atoms with van der Waals surface area (Å²) in [7, 11) is 0. The van der Waals surface area contributed by atoms with Crippen molar-refractivity contribution in [3.63, 3.8) is 0 Å². The van der Waals surface area contributed by atoms with E-state index < -0.39 is 4.92 Å². The number of nitro groups is 1. The van der Waals surface area contributed by atoms with Gasteiger partial charge in [-0.2, -0.15) is 5.26 Å². The first-order chi connectivity index (χ1) is 9.69. The van der Waals surface area contributed by atoms with Crippen LogP contribution in [0, 0.1) is 21.4 Å². The SMILES string of the molecule is N#Cc1ccnc(N2CCCCCC2CO)c1[N+](=O)[O-]. The van der Waals surface area contributed by atoms with Crippen LogP contribution in [-0.2, 0) is 0 Å². The molecule has 1 aliphatic heterocycles. The summed E-state index contributed by atoms with van der Waals surface area (Å²) in [5, 5.41) is 29.8. The van der Waals surface area contributed by atoms with Crippen molar-refractivity contribution in [2.24, 2.45) is 0 Å². The lowest BCUT2D eigenvalue weighted by atomic mass is 10.1. The summed E-state index contributed by atoms with van der Waals surface area (Å²) >= 11 is 0. The van der Waals surface area contributed by atoms with Gasteiger partial charge in [0.1, 0.15) is 11.6 Å². The van der Waals surface area contributed by atoms with Crippen molar-refractivity contribution in [1.82, 2.24) is 4.98 Å². The maximum absolute atomic E-state index is 11.3. The predicted molar refractivity (Wildman–Crippen MR) is 72.3 cm³/mol. The fourth-order valence-corrected chi connectivity index (χ4v) is 2.57. The first-order valence-electron chi connectivity index (χ1n) is 6.60. The number of hydrogen-bond donors (Lipinski definition) is 1. The Balaban J connectivity index is 2.49. The summed E-state index contributed by atoms with van der Waals surface area (Å²) < 4.78 is 0. The van der Waals surface area contributed by atoms with E-state index in [9.17, 15) is 15.2 Å². The Morgan fingerprint density at radius 1 is 1.55 bits per heavy atom. The lowest BCUT2D eigenvalue weighted by Gasteiger charge is -2.29. The maximum atomic E-state index is 11.3. The highest BCUT2D eigenvalue weighted by molar-refractivity contribution is 5.65. The highest BCUT2D eigenvalue weighted by atomic mass is 16.6. The van der Waals surface area contributed by atoms with E-state index in [2.05, 4.69) is 4.98 Å². The van der Waals surface area contributed by atoms with Crippen LogP contribution < -0.4 is 4.90 Å². The van der Waals surface area contributed by atoms with E-state index >= 15 is 0 Å². The number of hydrogen-bond acceptors (Lipinski definition) is 6. The number of anilines is 1. The van der Waals surface area contributed by atoms with Gasteiger partial charge in [0.2, 0.25) is 5.82 Å². The van der Waals surface area contributed by atoms with Crippen molar-refractivity contribution < 1.29 is 10.0 Å². The van der Waals surface area contributed by atoms with Crippen LogP contribution in [0.3, 0.4) is 0 Å². The number of aromatic nitrogens is 1. The summed E-state index contributed by atoms with van der Waals surface area (Å²) in [5.41, 5.74) is -0.267. The van der Waals surface area contributed by atoms with Crippen molar-refractivity contribution in [2.75, 3.05) is 18.1 Å². The van der Waals surface area contributed by atoms with Gasteiger partial charge in [0.15, 0.2) is 0 Å². The first kappa shape index (κ1) is 14.2. The third kappa shape index (κ3) is 2.70. The largest absolute Gasteiger partial charge is 0.394 e. The Kier molecular flexibility index (Phi) is 4.48. The van der Waals surface area contributed by atoms with E-state index in [1.807, 2.05) is 6.07 Å². The van der Waals surface area contributed by atoms with Gasteiger partial charge < -0.3 is 10.0 Å². The minimum absolute atomic E-state index is 0.000867. The summed E-state index contributed by atoms with van der Waals surface area (Å²) in [6, 6.07) is 2.99. The van der Waals surface area contributed by atoms with E-state index in [1.165, 1.54) is 12.3 Å². The summed E-state index contributed by atoms with van der Waals surface area (Å²) in [4.78, 5) is 16.5. The normalized spacial score (nSPS) is 19.2. The van der Waals surface area contributed by atoms with Crippen molar-refractivity contribution in [3.05, 3.63) is 27.9 Å². The van der Waals surface area contributed by atoms with Gasteiger partial charge in [0.05, 0.1) is 17.6 Å². The molecule has 0 bridgehead atoms. The molecule has 1 aromatic heterocycles. The summed E-state index contributed by atoms with van der Waals surface area (Å²) in [5.74, 6) is 0.190. The molecule has 106 valence electrons. The van der Waals surface area contributed by atoms with Crippen molar-refractivity contribution >= 4 is 11.5 Å². The lowest BCUT2D eigenvalue weighted by Crippen LogP contribution is -2.38. The maximum Gasteiger partial charge on any atom is 0.329 e. The van der Waals surface area contributed by atoms with Gasteiger partial charge in [-0.15, -0.1) is 0 Å². The monoisotopic (exact) mass is 276 g/mol. The third-order valence-corrected chi connectivity index (χ3v) is 3.57. The fourth-order valence-electron chi connectivity index (χ4n) is 2.57. The van der Waals surface area contributed by atoms with E-state index in [0.717, 1.165) is 25.7 Å². The Morgan fingerprint density at radius 3 is 3.00 bits per heavy atom. The average molecular weight is 276 g/mol. The standard InChI is InChI=1S/C13H16N4O3/c14-8-10-5-6-15-13(12(10)17(19)20)16-7-3-1-2-4-11(16)9-18/h5-6,11,18H,1-4,7,9H2. The number of rotatable bonds is 3. The number of pyridine rings is 1. The molecule has 1 aromatic rings. The Bertz CT molecular complexity index is 541. The number of nitrogens with zero attached hydrogens (tertiary/aromatic N) is 4. The van der Waals surface area contributed by atoms with Crippen LogP contribution in [0.5, 0.6) is 0 Å². The van der Waals surface area contributed by atoms with E-state index in [1.54, 1.807) is 4.90 Å². The molecule has 2 heterocycles. The van der Waals surface area contributed by atoms with Crippen LogP contribution in [0.15, 0.2) is 12.3 Å². The highest BCUT2D eigenvalue weighted by Gasteiger charge is 2.30. The van der Waals surface area contributed by atoms with Crippen LogP contribution in [0.2, 0.25) is 0 Å². The second kappa shape index (κ2) is 6.30. The molecule has 1 aliphatic rings. The zero-order chi connectivity index (χ0) is 14.5. The number of aliphatic hydroxyl groups excluding tert-OH is 1. The molecule has 1 atom stereocenters. The molecule has 7 heteroatoms. The van der Waals surface area contributed by atoms with Crippen LogP contribution >= 0.6 is 0 Å². The zero-order valence-corrected chi connectivity index (χ0v) is 11.0. The van der Waals surface area contributed by atoms with Gasteiger partial charge in [-0.25, -0.2) is 4.98 Å². The predicted octanol–water partition coefficient (Wildman–Crippen LogP) is 1.60. The molecule has 0 radical (unpaired) electrons. The average Bonchev–Trinajstić information content (AvgIpc) is 2.71. The second-order valence-electron chi connectivity index (χ2n) is 4.78. The molecule has 0 amide bonds. The molecule has 1 saturated heterocycles. The molecule has 0 saturated carbocycles. The van der Waals surface area contributed by atoms with E-state index in [-0.39, 0.29) is 29.7 Å². The lowest BCUT2D eigenvalue weighted by molar-refractivity contribution is -0.384. The molecule has 1 N–H and O–H groups in total. The quantitative estimate of drug-likeness (QED) is 0.664. The van der Waals surface area contributed by atoms with E-state index in [4.69, 9.17) is 5.26 Å². The molecule has 0 spiro atoms. The van der Waals surface area contributed by atoms with Crippen molar-refractivity contribution in [2.45, 2.75) is 31.7 Å². The second-order valence-corrected chi connectivity index (χ2v) is 4.78. The van der Waals surface area contributed by atoms with Gasteiger partial charge in [0.25, 0.3) is 0 Å². The molecule has 0 aliphatic carbocycles. The third-order valence-electron chi connectivity index (χ3n) is 3.57. The van der Waals surface area contributed by atoms with Gasteiger partial charge in [-0.3, -0.25) is 10.1 Å². The first-order valence-corrected chi connectivity index (χ1v) is 6.60. The topological polar surface area (TPSA) is 103 Å². The molecule has 2 rings (SSSR count). The minimum atomic E-state index is -0.569. The Morgan fingerprint density at radius 2 is 2.35 bits per heavy atom. The molecular weight excluding hydrogens is 260 g/mol. The van der Waals surface area contributed by atoms with Crippen LogP contribution in [0.4, 0.5) is 11.5 Å². The Hall–Kier alpha value is -2.20. The van der Waals surface area contributed by atoms with Gasteiger partial charge in [-0.05, 0) is 18.9 Å². The molecule has 7 nitrogen and oxygen atoms in total. The Labute approximate surface area is 116 Å². The van der Waals surface area contributed by atoms with Crippen LogP contribution in [-0.4, -0.2) is 34.2 Å². The molecule has 20 heavy (non-hydrogen) atoms. The van der Waals surface area contributed by atoms with Crippen molar-refractivity contribution in [3.8, 4) is 6.07 Å². The molecule has 1 unspecified atom stereocenters. The van der Waals surface area contributed by atoms with Gasteiger partial charge in [-0.1, -0.05) is 12.8 Å². The van der Waals surface area contributed by atoms with Gasteiger partial charge >= 0.3 is 5.69 Å². The molecule has 1 fully saturated rings. The van der Waals surface area contributed by atoms with Crippen LogP contribution in [0.1, 0.15) is 31.2 Å². The zero-order valence-electron chi connectivity index (χ0n) is 11.0. The number of nitriles is 1. The van der Waals surface area contributed by atoms with Gasteiger partial charge in [0, 0.05) is 12.7 Å². The summed E-state index contributed by atoms with van der Waals surface area (Å²) in [6.07, 6.45) is 5.07. The number of aliphatic hydroxyl groups is 1. The fraction of sp³-hybridized carbons (Fsp3) is 0.538. The van der Waals surface area contributed by atoms with Crippen LogP contribution in [0.25, 0.3) is 0 Å². The molecular formula is C13H16N4O3. The minimum Gasteiger partial charge on any atom is -0.394 e.